The molecule has 2 rings (SSSR count). The molecule has 1 aromatic heterocycles. The topological polar surface area (TPSA) is 85.5 Å². The number of benzene rings is 1. The Bertz CT molecular complexity index is 862. The van der Waals surface area contributed by atoms with Gasteiger partial charge in [0.05, 0.1) is 18.9 Å². The fourth-order valence-corrected chi connectivity index (χ4v) is 3.74. The summed E-state index contributed by atoms with van der Waals surface area (Å²) in [5.74, 6) is -1.97. The first-order valence-electron chi connectivity index (χ1n) is 8.37. The van der Waals surface area contributed by atoms with Crippen LogP contribution >= 0.6 is 23.4 Å². The van der Waals surface area contributed by atoms with Gasteiger partial charge in [0.2, 0.25) is 0 Å². The number of rotatable bonds is 8. The second-order valence-electron chi connectivity index (χ2n) is 5.49. The lowest BCUT2D eigenvalue weighted by atomic mass is 10.1. The first kappa shape index (κ1) is 21.1. The highest BCUT2D eigenvalue weighted by molar-refractivity contribution is 7.98. The van der Waals surface area contributed by atoms with Crippen LogP contribution in [0, 0.1) is 6.92 Å². The maximum absolute atomic E-state index is 12.3. The van der Waals surface area contributed by atoms with E-state index in [1.54, 1.807) is 26.8 Å². The highest BCUT2D eigenvalue weighted by Gasteiger charge is 2.28. The number of carbonyl (C=O) groups is 3. The van der Waals surface area contributed by atoms with E-state index in [2.05, 4.69) is 4.98 Å². The molecular formula is C19H20ClNO5S. The van der Waals surface area contributed by atoms with Crippen LogP contribution in [-0.2, 0) is 20.0 Å². The largest absolute Gasteiger partial charge is 0.461 e. The zero-order chi connectivity index (χ0) is 20.0. The minimum atomic E-state index is -0.966. The van der Waals surface area contributed by atoms with Gasteiger partial charge >= 0.3 is 11.9 Å². The smallest absolute Gasteiger partial charge is 0.381 e. The van der Waals surface area contributed by atoms with E-state index in [0.717, 1.165) is 4.90 Å². The minimum absolute atomic E-state index is 0.0400. The monoisotopic (exact) mass is 409 g/mol. The lowest BCUT2D eigenvalue weighted by Crippen LogP contribution is -2.19. The predicted molar refractivity (Wildman–Crippen MR) is 103 cm³/mol. The van der Waals surface area contributed by atoms with Crippen LogP contribution in [0.4, 0.5) is 0 Å². The number of Topliss-reactive ketones (excluding diaryl/α,β-unsaturated/α-hetero) is 1. The molecule has 0 aliphatic rings. The van der Waals surface area contributed by atoms with Crippen LogP contribution in [0.25, 0.3) is 0 Å². The van der Waals surface area contributed by atoms with Gasteiger partial charge in [-0.1, -0.05) is 17.7 Å². The second-order valence-corrected chi connectivity index (χ2v) is 6.98. The summed E-state index contributed by atoms with van der Waals surface area (Å²) in [6.07, 6.45) is 0. The number of ketones is 1. The number of halogens is 1. The van der Waals surface area contributed by atoms with Crippen molar-refractivity contribution in [3.63, 3.8) is 0 Å². The summed E-state index contributed by atoms with van der Waals surface area (Å²) in [6.45, 7) is 5.27. The highest BCUT2D eigenvalue weighted by atomic mass is 35.5. The maximum Gasteiger partial charge on any atom is 0.381 e. The molecule has 0 aliphatic heterocycles. The quantitative estimate of drug-likeness (QED) is 0.304. The zero-order valence-electron chi connectivity index (χ0n) is 15.3. The molecule has 1 aromatic carbocycles. The molecule has 0 saturated carbocycles. The fourth-order valence-electron chi connectivity index (χ4n) is 2.43. The molecule has 0 spiro atoms. The van der Waals surface area contributed by atoms with Crippen molar-refractivity contribution in [3.8, 4) is 0 Å². The van der Waals surface area contributed by atoms with Gasteiger partial charge < -0.3 is 14.5 Å². The van der Waals surface area contributed by atoms with Crippen molar-refractivity contribution in [2.24, 2.45) is 0 Å². The molecule has 2 aromatic rings. The molecule has 27 heavy (non-hydrogen) atoms. The van der Waals surface area contributed by atoms with Gasteiger partial charge in [0.1, 0.15) is 5.69 Å². The van der Waals surface area contributed by atoms with Gasteiger partial charge in [0, 0.05) is 15.7 Å². The minimum Gasteiger partial charge on any atom is -0.461 e. The Morgan fingerprint density at radius 2 is 1.81 bits per heavy atom. The predicted octanol–water partition coefficient (Wildman–Crippen LogP) is 4.19. The number of H-pyrrole nitrogens is 1. The molecule has 0 radical (unpaired) electrons. The Kier molecular flexibility index (Phi) is 7.50. The van der Waals surface area contributed by atoms with Gasteiger partial charge in [0.15, 0.2) is 0 Å². The molecule has 0 aliphatic carbocycles. The maximum atomic E-state index is 12.3. The zero-order valence-corrected chi connectivity index (χ0v) is 16.8. The van der Waals surface area contributed by atoms with E-state index in [-0.39, 0.29) is 24.6 Å². The van der Waals surface area contributed by atoms with E-state index in [1.165, 1.54) is 11.8 Å². The number of hydrogen-bond acceptors (Lipinski definition) is 6. The molecule has 1 N–H and O–H groups in total. The van der Waals surface area contributed by atoms with Gasteiger partial charge in [-0.15, -0.1) is 11.8 Å². The molecule has 0 atom stereocenters. The second kappa shape index (κ2) is 9.62. The van der Waals surface area contributed by atoms with Crippen molar-refractivity contribution in [2.75, 3.05) is 13.2 Å². The first-order chi connectivity index (χ1) is 12.9. The summed E-state index contributed by atoms with van der Waals surface area (Å²) in [4.78, 5) is 40.1. The van der Waals surface area contributed by atoms with Crippen LogP contribution < -0.4 is 0 Å². The lowest BCUT2D eigenvalue weighted by molar-refractivity contribution is -0.137. The highest BCUT2D eigenvalue weighted by Crippen LogP contribution is 2.30. The van der Waals surface area contributed by atoms with E-state index in [1.807, 2.05) is 18.2 Å². The van der Waals surface area contributed by atoms with Crippen molar-refractivity contribution < 1.29 is 23.9 Å². The summed E-state index contributed by atoms with van der Waals surface area (Å²) in [7, 11) is 0. The number of carbonyl (C=O) groups excluding carboxylic acids is 3. The third kappa shape index (κ3) is 5.14. The molecule has 0 unspecified atom stereocenters. The van der Waals surface area contributed by atoms with E-state index in [0.29, 0.717) is 21.9 Å². The number of aromatic nitrogens is 1. The summed E-state index contributed by atoms with van der Waals surface area (Å²) < 4.78 is 9.84. The third-order valence-electron chi connectivity index (χ3n) is 3.73. The van der Waals surface area contributed by atoms with Gasteiger partial charge in [-0.05, 0) is 50.1 Å². The molecule has 0 bridgehead atoms. The standard InChI is InChI=1S/C19H20ClNO5S/c1-4-25-18(23)16-14(10-27-13-8-6-7-12(20)9-13)11(3)15(21-16)17(22)19(24)26-5-2/h6-9,21H,4-5,10H2,1-3H3. The van der Waals surface area contributed by atoms with E-state index in [9.17, 15) is 14.4 Å². The summed E-state index contributed by atoms with van der Waals surface area (Å²) in [5.41, 5.74) is 1.33. The van der Waals surface area contributed by atoms with Crippen LogP contribution in [-0.4, -0.2) is 35.9 Å². The molecule has 8 heteroatoms. The van der Waals surface area contributed by atoms with Crippen molar-refractivity contribution in [3.05, 3.63) is 51.8 Å². The lowest BCUT2D eigenvalue weighted by Gasteiger charge is -2.06. The van der Waals surface area contributed by atoms with E-state index in [4.69, 9.17) is 21.1 Å². The Labute approximate surface area is 166 Å². The van der Waals surface area contributed by atoms with Crippen LogP contribution in [0.5, 0.6) is 0 Å². The normalized spacial score (nSPS) is 10.5. The summed E-state index contributed by atoms with van der Waals surface area (Å²) in [5, 5.41) is 0.606. The van der Waals surface area contributed by atoms with Crippen molar-refractivity contribution in [2.45, 2.75) is 31.4 Å². The summed E-state index contributed by atoms with van der Waals surface area (Å²) >= 11 is 7.46. The number of nitrogens with one attached hydrogen (secondary N) is 1. The number of hydrogen-bond donors (Lipinski definition) is 1. The van der Waals surface area contributed by atoms with Gasteiger partial charge in [-0.25, -0.2) is 9.59 Å². The fraction of sp³-hybridized carbons (Fsp3) is 0.316. The Morgan fingerprint density at radius 1 is 1.11 bits per heavy atom. The van der Waals surface area contributed by atoms with Crippen LogP contribution in [0.15, 0.2) is 29.2 Å². The number of aromatic amines is 1. The SMILES string of the molecule is CCOC(=O)C(=O)c1[nH]c(C(=O)OCC)c(CSc2cccc(Cl)c2)c1C. The molecule has 0 saturated heterocycles. The van der Waals surface area contributed by atoms with E-state index < -0.39 is 17.7 Å². The first-order valence-corrected chi connectivity index (χ1v) is 9.73. The van der Waals surface area contributed by atoms with Gasteiger partial charge in [-0.2, -0.15) is 0 Å². The molecule has 0 amide bonds. The van der Waals surface area contributed by atoms with Gasteiger partial charge in [-0.3, -0.25) is 4.79 Å². The van der Waals surface area contributed by atoms with Gasteiger partial charge in [0.25, 0.3) is 5.78 Å². The van der Waals surface area contributed by atoms with Crippen molar-refractivity contribution in [1.82, 2.24) is 4.98 Å². The van der Waals surface area contributed by atoms with E-state index >= 15 is 0 Å². The number of thioether (sulfide) groups is 1. The number of ether oxygens (including phenoxy) is 2. The third-order valence-corrected chi connectivity index (χ3v) is 4.98. The average molecular weight is 410 g/mol. The Hall–Kier alpha value is -2.25. The van der Waals surface area contributed by atoms with Crippen molar-refractivity contribution >= 4 is 41.1 Å². The summed E-state index contributed by atoms with van der Waals surface area (Å²) in [6, 6.07) is 7.31. The number of esters is 2. The molecular weight excluding hydrogens is 390 g/mol. The Morgan fingerprint density at radius 3 is 2.44 bits per heavy atom. The van der Waals surface area contributed by atoms with Crippen LogP contribution in [0.2, 0.25) is 5.02 Å². The molecule has 0 fully saturated rings. The Balaban J connectivity index is 2.36. The average Bonchev–Trinajstić information content (AvgIpc) is 2.96. The van der Waals surface area contributed by atoms with Crippen LogP contribution in [0.3, 0.4) is 0 Å². The van der Waals surface area contributed by atoms with Crippen LogP contribution in [0.1, 0.15) is 46.0 Å². The molecule has 1 heterocycles. The molecule has 6 nitrogen and oxygen atoms in total. The van der Waals surface area contributed by atoms with Crippen molar-refractivity contribution in [1.29, 1.82) is 0 Å². The molecule has 144 valence electrons.